The van der Waals surface area contributed by atoms with Crippen LogP contribution in [0.1, 0.15) is 145 Å². The number of rotatable bonds is 27. The first-order valence-corrected chi connectivity index (χ1v) is 24.8. The van der Waals surface area contributed by atoms with E-state index in [2.05, 4.69) is 84.1 Å². The van der Waals surface area contributed by atoms with E-state index in [1.165, 1.54) is 32.1 Å². The highest BCUT2D eigenvalue weighted by molar-refractivity contribution is 5.85. The average Bonchev–Trinajstić information content (AvgIpc) is 4.08. The van der Waals surface area contributed by atoms with Gasteiger partial charge in [0.2, 0.25) is 24.1 Å². The number of hydrogen-bond donors (Lipinski definition) is 6. The summed E-state index contributed by atoms with van der Waals surface area (Å²) in [7, 11) is 3.70. The zero-order valence-corrected chi connectivity index (χ0v) is 41.0. The fourth-order valence-electron chi connectivity index (χ4n) is 9.25. The summed E-state index contributed by atoms with van der Waals surface area (Å²) in [4.78, 5) is 53.7. The van der Waals surface area contributed by atoms with Crippen LogP contribution in [0.25, 0.3) is 0 Å². The quantitative estimate of drug-likeness (QED) is 0.0466. The summed E-state index contributed by atoms with van der Waals surface area (Å²) < 4.78 is 12.0. The topological polar surface area (TPSA) is 165 Å². The molecule has 0 radical (unpaired) electrons. The Bertz CT molecular complexity index is 1420. The fourth-order valence-corrected chi connectivity index (χ4v) is 9.25. The zero-order valence-electron chi connectivity index (χ0n) is 41.0. The van der Waals surface area contributed by atoms with Crippen LogP contribution in [-0.4, -0.2) is 136 Å². The molecular weight excluding hydrogens is 797 g/mol. The van der Waals surface area contributed by atoms with Gasteiger partial charge in [-0.1, -0.05) is 85.8 Å². The lowest BCUT2D eigenvalue weighted by molar-refractivity contribution is -0.134. The Hall–Kier alpha value is -3.20. The normalized spacial score (nSPS) is 22.7. The second-order valence-electron chi connectivity index (χ2n) is 19.2. The minimum atomic E-state index is -0.295. The largest absolute Gasteiger partial charge is 0.379 e. The van der Waals surface area contributed by atoms with Gasteiger partial charge in [0, 0.05) is 55.7 Å². The Morgan fingerprint density at radius 3 is 2.10 bits per heavy atom. The summed E-state index contributed by atoms with van der Waals surface area (Å²) in [6.45, 7) is 23.9. The third kappa shape index (κ3) is 17.3. The molecule has 3 heterocycles. The Balaban J connectivity index is 0.000000484. The second-order valence-corrected chi connectivity index (χ2v) is 19.2. The van der Waals surface area contributed by atoms with Gasteiger partial charge in [-0.25, -0.2) is 0 Å². The van der Waals surface area contributed by atoms with Crippen molar-refractivity contribution in [3.05, 3.63) is 24.0 Å². The molecule has 0 aromatic heterocycles. The van der Waals surface area contributed by atoms with Gasteiger partial charge < -0.3 is 51.2 Å². The van der Waals surface area contributed by atoms with Crippen molar-refractivity contribution >= 4 is 24.1 Å². The lowest BCUT2D eigenvalue weighted by atomic mass is 9.84. The van der Waals surface area contributed by atoms with Crippen molar-refractivity contribution in [1.82, 2.24) is 41.7 Å². The van der Waals surface area contributed by atoms with E-state index in [4.69, 9.17) is 9.47 Å². The maximum Gasteiger partial charge on any atom is 0.245 e. The number of carbonyl (C=O) groups excluding carboxylic acids is 4. The third-order valence-electron chi connectivity index (χ3n) is 14.1. The number of nitrogens with one attached hydrogen (secondary N) is 6. The van der Waals surface area contributed by atoms with Crippen LogP contribution in [0, 0.1) is 17.3 Å². The number of hydrogen-bond acceptors (Lipinski definition) is 10. The number of likely N-dealkylation sites (N-methyl/N-ethyl adjacent to an activating group) is 2. The van der Waals surface area contributed by atoms with Crippen molar-refractivity contribution in [2.24, 2.45) is 17.3 Å². The third-order valence-corrected chi connectivity index (χ3v) is 14.1. The molecule has 1 saturated carbocycles. The summed E-state index contributed by atoms with van der Waals surface area (Å²) in [5.41, 5.74) is 1.83. The van der Waals surface area contributed by atoms with Crippen molar-refractivity contribution in [2.75, 3.05) is 60.2 Å². The van der Waals surface area contributed by atoms with Crippen LogP contribution in [0.4, 0.5) is 0 Å². The van der Waals surface area contributed by atoms with Crippen LogP contribution in [0.5, 0.6) is 0 Å². The molecule has 4 aliphatic rings. The Labute approximate surface area is 382 Å². The summed E-state index contributed by atoms with van der Waals surface area (Å²) in [6, 6.07) is -0.551. The van der Waals surface area contributed by atoms with E-state index >= 15 is 0 Å². The van der Waals surface area contributed by atoms with Gasteiger partial charge in [-0.15, -0.1) is 0 Å². The molecule has 0 aromatic rings. The maximum atomic E-state index is 13.5. The lowest BCUT2D eigenvalue weighted by Crippen LogP contribution is -2.53. The Morgan fingerprint density at radius 2 is 1.51 bits per heavy atom. The number of ether oxygens (including phenoxy) is 2. The van der Waals surface area contributed by atoms with Crippen molar-refractivity contribution < 1.29 is 28.7 Å². The molecule has 4 amide bonds. The predicted molar refractivity (Wildman–Crippen MR) is 254 cm³/mol. The summed E-state index contributed by atoms with van der Waals surface area (Å²) in [5, 5.41) is 19.0. The van der Waals surface area contributed by atoms with E-state index in [-0.39, 0.29) is 65.4 Å². The zero-order chi connectivity index (χ0) is 46.4. The van der Waals surface area contributed by atoms with Gasteiger partial charge >= 0.3 is 0 Å². The van der Waals surface area contributed by atoms with Gasteiger partial charge in [-0.05, 0) is 97.6 Å². The van der Waals surface area contributed by atoms with Gasteiger partial charge in [0.1, 0.15) is 12.1 Å². The molecular formula is C49H90N8O6. The number of unbranched alkanes of at least 4 members (excludes halogenated alkanes) is 3. The molecule has 5 unspecified atom stereocenters. The molecule has 0 bridgehead atoms. The van der Waals surface area contributed by atoms with Gasteiger partial charge in [-0.2, -0.15) is 0 Å². The first-order chi connectivity index (χ1) is 30.2. The van der Waals surface area contributed by atoms with Crippen LogP contribution in [0.15, 0.2) is 24.0 Å². The summed E-state index contributed by atoms with van der Waals surface area (Å²) in [5.74, 6) is 1.04. The maximum absolute atomic E-state index is 13.5. The van der Waals surface area contributed by atoms with Crippen LogP contribution in [0.3, 0.4) is 0 Å². The number of likely N-dealkylation sites (tertiary alicyclic amines) is 2. The van der Waals surface area contributed by atoms with Crippen molar-refractivity contribution in [1.29, 1.82) is 0 Å². The van der Waals surface area contributed by atoms with E-state index in [1.54, 1.807) is 7.05 Å². The number of carbonyl (C=O) groups is 4. The average molecular weight is 887 g/mol. The smallest absolute Gasteiger partial charge is 0.245 e. The minimum absolute atomic E-state index is 0.0152. The van der Waals surface area contributed by atoms with Crippen molar-refractivity contribution in [3.63, 3.8) is 0 Å². The van der Waals surface area contributed by atoms with Gasteiger partial charge in [0.15, 0.2) is 0 Å². The first kappa shape index (κ1) is 54.1. The number of nitrogens with zero attached hydrogens (tertiary/aromatic N) is 2. The highest BCUT2D eigenvalue weighted by atomic mass is 16.5. The molecule has 8 atom stereocenters. The van der Waals surface area contributed by atoms with Crippen LogP contribution < -0.4 is 31.9 Å². The monoisotopic (exact) mass is 887 g/mol. The van der Waals surface area contributed by atoms with Gasteiger partial charge in [-0.3, -0.25) is 19.2 Å². The summed E-state index contributed by atoms with van der Waals surface area (Å²) in [6.07, 6.45) is 19.0. The molecule has 0 spiro atoms. The fraction of sp³-hybridized carbons (Fsp3) is 0.837. The molecule has 1 aliphatic carbocycles. The van der Waals surface area contributed by atoms with E-state index in [0.717, 1.165) is 102 Å². The van der Waals surface area contributed by atoms with Gasteiger partial charge in [0.25, 0.3) is 0 Å². The minimum Gasteiger partial charge on any atom is -0.379 e. The van der Waals surface area contributed by atoms with Crippen LogP contribution >= 0.6 is 0 Å². The van der Waals surface area contributed by atoms with E-state index in [0.29, 0.717) is 38.1 Å². The van der Waals surface area contributed by atoms with Crippen molar-refractivity contribution in [3.8, 4) is 0 Å². The summed E-state index contributed by atoms with van der Waals surface area (Å²) >= 11 is 0. The highest BCUT2D eigenvalue weighted by Gasteiger charge is 2.42. The Morgan fingerprint density at radius 1 is 0.857 bits per heavy atom. The van der Waals surface area contributed by atoms with E-state index in [1.807, 2.05) is 25.8 Å². The van der Waals surface area contributed by atoms with E-state index < -0.39 is 0 Å². The Kier molecular flexibility index (Phi) is 24.6. The molecule has 0 aromatic carbocycles. The molecule has 4 rings (SSSR count). The predicted octanol–water partition coefficient (Wildman–Crippen LogP) is 5.39. The molecule has 2 saturated heterocycles. The second kappa shape index (κ2) is 28.7. The number of amides is 4. The van der Waals surface area contributed by atoms with Crippen LogP contribution in [-0.2, 0) is 28.7 Å². The molecule has 14 heteroatoms. The van der Waals surface area contributed by atoms with Crippen LogP contribution in [0.2, 0.25) is 0 Å². The molecule has 3 aliphatic heterocycles. The molecule has 14 nitrogen and oxygen atoms in total. The standard InChI is InChI=1S/C35H65N5O5.C14H25N3O/c1-7-26(3)31(23-44-21-14-9-10-15-22-45-24-32(37-25-41)29-17-12-11-13-18-29)39-35(43)33-19-16-20-40(33)28(5)30(8-2)38-34(42)27(4)36-6;1-10(15-4)11-9-14(2,3)12(16-11)13(18)17-7-5-6-8-17/h25-27,29-33,36H,5,7-24H2,1-4,6H3,(H,37,41)(H,38,42)(H,39,43);9-10,12,15-16H,5-8H2,1-4H3/t26?,27?,30-,31+,32?,33?;10-,12?/m00/s1. The lowest BCUT2D eigenvalue weighted by Gasteiger charge is -2.34. The van der Waals surface area contributed by atoms with Crippen molar-refractivity contribution in [2.45, 2.75) is 187 Å². The highest BCUT2D eigenvalue weighted by Crippen LogP contribution is 2.33. The molecule has 362 valence electrons. The molecule has 6 N–H and O–H groups in total. The molecule has 63 heavy (non-hydrogen) atoms. The molecule has 3 fully saturated rings. The van der Waals surface area contributed by atoms with E-state index in [9.17, 15) is 19.2 Å². The SMILES string of the molecule is C=C([C@H](CC)NC(=O)C(C)NC)N1CCCC1C(=O)N[C@H](COCCCCCCOCC(NC=O)C1CCCCC1)C(C)CC.CN[C@@H](C)C1=CC(C)(C)C(C(=O)N2CCCC2)N1. The first-order valence-electron chi connectivity index (χ1n) is 24.8. The van der Waals surface area contributed by atoms with Gasteiger partial charge in [0.05, 0.1) is 37.4 Å².